The Morgan fingerprint density at radius 1 is 1.28 bits per heavy atom. The summed E-state index contributed by atoms with van der Waals surface area (Å²) < 4.78 is 13.4. The third-order valence-electron chi connectivity index (χ3n) is 5.18. The molecule has 2 saturated heterocycles. The monoisotopic (exact) mass is 344 g/mol. The molecule has 0 amide bonds. The molecule has 4 rings (SSSR count). The smallest absolute Gasteiger partial charge is 0.213 e. The van der Waals surface area contributed by atoms with Crippen LogP contribution in [-0.2, 0) is 4.74 Å². The summed E-state index contributed by atoms with van der Waals surface area (Å²) in [4.78, 5) is 11.2. The van der Waals surface area contributed by atoms with Gasteiger partial charge >= 0.3 is 0 Å². The maximum atomic E-state index is 9.14. The molecule has 0 saturated carbocycles. The molecule has 2 fully saturated rings. The van der Waals surface area contributed by atoms with Gasteiger partial charge in [-0.2, -0.15) is 0 Å². The second-order valence-corrected chi connectivity index (χ2v) is 6.71. The Labute approximate surface area is 147 Å². The summed E-state index contributed by atoms with van der Waals surface area (Å²) in [5.74, 6) is 1.54. The molecule has 0 aliphatic carbocycles. The van der Waals surface area contributed by atoms with Crippen molar-refractivity contribution in [2.75, 3.05) is 33.4 Å². The molecule has 0 bridgehead atoms. The van der Waals surface area contributed by atoms with Crippen molar-refractivity contribution < 1.29 is 14.6 Å². The third-order valence-corrected chi connectivity index (χ3v) is 5.18. The Hall–Kier alpha value is -1.96. The van der Waals surface area contributed by atoms with Gasteiger partial charge in [0.2, 0.25) is 5.88 Å². The van der Waals surface area contributed by atoms with Crippen LogP contribution < -0.4 is 4.74 Å². The van der Waals surface area contributed by atoms with Crippen LogP contribution in [0, 0.1) is 0 Å². The molecule has 1 N–H and O–H groups in total. The zero-order chi connectivity index (χ0) is 17.2. The first-order valence-corrected chi connectivity index (χ1v) is 8.78. The minimum atomic E-state index is 0.145. The minimum absolute atomic E-state index is 0.145. The van der Waals surface area contributed by atoms with E-state index in [9.17, 15) is 0 Å². The highest BCUT2D eigenvalue weighted by atomic mass is 16.5. The highest BCUT2D eigenvalue weighted by molar-refractivity contribution is 5.56. The van der Waals surface area contributed by atoms with E-state index in [0.29, 0.717) is 24.4 Å². The van der Waals surface area contributed by atoms with Gasteiger partial charge in [0, 0.05) is 62.0 Å². The average molecular weight is 344 g/mol. The van der Waals surface area contributed by atoms with Crippen molar-refractivity contribution in [1.82, 2.24) is 19.4 Å². The molecule has 0 radical (unpaired) electrons. The number of morpholine rings is 1. The van der Waals surface area contributed by atoms with Crippen molar-refractivity contribution in [1.29, 1.82) is 0 Å². The van der Waals surface area contributed by atoms with Crippen LogP contribution >= 0.6 is 0 Å². The van der Waals surface area contributed by atoms with E-state index in [4.69, 9.17) is 14.6 Å². The van der Waals surface area contributed by atoms with Gasteiger partial charge in [0.25, 0.3) is 0 Å². The van der Waals surface area contributed by atoms with Crippen molar-refractivity contribution in [3.05, 3.63) is 30.7 Å². The predicted octanol–water partition coefficient (Wildman–Crippen LogP) is 1.35. The first-order chi connectivity index (χ1) is 12.3. The van der Waals surface area contributed by atoms with Gasteiger partial charge in [-0.05, 0) is 18.9 Å². The van der Waals surface area contributed by atoms with E-state index < -0.39 is 0 Å². The molecule has 25 heavy (non-hydrogen) atoms. The fourth-order valence-corrected chi connectivity index (χ4v) is 3.93. The second-order valence-electron chi connectivity index (χ2n) is 6.71. The Balaban J connectivity index is 1.53. The van der Waals surface area contributed by atoms with E-state index in [1.807, 2.05) is 18.3 Å². The van der Waals surface area contributed by atoms with Crippen molar-refractivity contribution in [3.8, 4) is 17.3 Å². The Kier molecular flexibility index (Phi) is 4.70. The molecule has 3 atom stereocenters. The second kappa shape index (κ2) is 7.11. The summed E-state index contributed by atoms with van der Waals surface area (Å²) in [7, 11) is 1.62. The first kappa shape index (κ1) is 16.5. The van der Waals surface area contributed by atoms with Gasteiger partial charge in [-0.3, -0.25) is 4.90 Å². The molecular weight excluding hydrogens is 320 g/mol. The number of aromatic nitrogens is 3. The molecule has 0 spiro atoms. The number of aliphatic hydroxyl groups excluding tert-OH is 1. The lowest BCUT2D eigenvalue weighted by atomic mass is 10.1. The lowest BCUT2D eigenvalue weighted by Crippen LogP contribution is -2.46. The number of aliphatic hydroxyl groups is 1. The van der Waals surface area contributed by atoms with Gasteiger partial charge in [-0.1, -0.05) is 0 Å². The van der Waals surface area contributed by atoms with Gasteiger partial charge in [0.15, 0.2) is 0 Å². The largest absolute Gasteiger partial charge is 0.481 e. The molecule has 134 valence electrons. The highest BCUT2D eigenvalue weighted by Crippen LogP contribution is 2.34. The fraction of sp³-hybridized carbons (Fsp3) is 0.556. The molecule has 7 heteroatoms. The van der Waals surface area contributed by atoms with Crippen LogP contribution in [0.25, 0.3) is 11.4 Å². The van der Waals surface area contributed by atoms with Crippen LogP contribution in [0.3, 0.4) is 0 Å². The Bertz CT molecular complexity index is 720. The van der Waals surface area contributed by atoms with E-state index in [1.54, 1.807) is 13.3 Å². The zero-order valence-corrected chi connectivity index (χ0v) is 14.4. The molecule has 2 aliphatic rings. The molecule has 0 unspecified atom stereocenters. The summed E-state index contributed by atoms with van der Waals surface area (Å²) in [6.45, 7) is 2.81. The molecule has 7 nitrogen and oxygen atoms in total. The van der Waals surface area contributed by atoms with Crippen LogP contribution in [0.2, 0.25) is 0 Å². The maximum absolute atomic E-state index is 9.14. The van der Waals surface area contributed by atoms with Crippen LogP contribution in [0.1, 0.15) is 18.9 Å². The van der Waals surface area contributed by atoms with Crippen LogP contribution in [0.4, 0.5) is 0 Å². The van der Waals surface area contributed by atoms with Gasteiger partial charge < -0.3 is 19.1 Å². The Morgan fingerprint density at radius 3 is 3.04 bits per heavy atom. The molecule has 2 aromatic heterocycles. The number of pyridine rings is 1. The van der Waals surface area contributed by atoms with E-state index in [0.717, 1.165) is 37.5 Å². The fourth-order valence-electron chi connectivity index (χ4n) is 3.93. The van der Waals surface area contributed by atoms with Gasteiger partial charge in [0.1, 0.15) is 5.82 Å². The predicted molar refractivity (Wildman–Crippen MR) is 92.5 cm³/mol. The number of nitrogens with zero attached hydrogens (tertiary/aromatic N) is 4. The molecule has 0 aromatic carbocycles. The zero-order valence-electron chi connectivity index (χ0n) is 14.4. The SMILES string of the molecule is COc1cc(-c2nccn2[C@H]2C[C@H]3CO[C@@H](CCO)CN3C2)ccn1. The number of hydrogen-bond acceptors (Lipinski definition) is 6. The van der Waals surface area contributed by atoms with Crippen LogP contribution in [-0.4, -0.2) is 70.1 Å². The highest BCUT2D eigenvalue weighted by Gasteiger charge is 2.38. The average Bonchev–Trinajstić information content (AvgIpc) is 3.28. The Morgan fingerprint density at radius 2 is 2.20 bits per heavy atom. The topological polar surface area (TPSA) is 72.6 Å². The third kappa shape index (κ3) is 3.27. The van der Waals surface area contributed by atoms with Gasteiger partial charge in [-0.25, -0.2) is 9.97 Å². The minimum Gasteiger partial charge on any atom is -0.481 e. The van der Waals surface area contributed by atoms with Crippen molar-refractivity contribution in [2.45, 2.75) is 31.0 Å². The normalized spacial score (nSPS) is 26.6. The summed E-state index contributed by atoms with van der Waals surface area (Å²) in [6, 6.07) is 4.70. The quantitative estimate of drug-likeness (QED) is 0.883. The molecular formula is C18H24N4O3. The number of methoxy groups -OCH3 is 1. The standard InChI is InChI=1S/C18H24N4O3/c1-24-17-8-13(2-4-19-17)18-20-5-6-22(18)14-9-15-12-25-16(3-7-23)11-21(15)10-14/h2,4-6,8,14-16,23H,3,7,9-12H2,1H3/t14-,15-,16-/m0/s1. The molecule has 2 aliphatic heterocycles. The summed E-state index contributed by atoms with van der Waals surface area (Å²) in [5, 5.41) is 9.14. The number of fused-ring (bicyclic) bond motifs is 1. The van der Waals surface area contributed by atoms with Crippen LogP contribution in [0.5, 0.6) is 5.88 Å². The van der Waals surface area contributed by atoms with E-state index in [1.165, 1.54) is 0 Å². The van der Waals surface area contributed by atoms with E-state index >= 15 is 0 Å². The van der Waals surface area contributed by atoms with E-state index in [-0.39, 0.29) is 12.7 Å². The summed E-state index contributed by atoms with van der Waals surface area (Å²) in [5.41, 5.74) is 1.01. The van der Waals surface area contributed by atoms with Crippen molar-refractivity contribution >= 4 is 0 Å². The van der Waals surface area contributed by atoms with Gasteiger partial charge in [-0.15, -0.1) is 0 Å². The van der Waals surface area contributed by atoms with Gasteiger partial charge in [0.05, 0.1) is 19.8 Å². The first-order valence-electron chi connectivity index (χ1n) is 8.78. The summed E-state index contributed by atoms with van der Waals surface area (Å²) in [6.07, 6.45) is 7.56. The lowest BCUT2D eigenvalue weighted by molar-refractivity contribution is -0.0567. The maximum Gasteiger partial charge on any atom is 0.213 e. The molecule has 2 aromatic rings. The number of rotatable bonds is 5. The van der Waals surface area contributed by atoms with Crippen LogP contribution in [0.15, 0.2) is 30.7 Å². The lowest BCUT2D eigenvalue weighted by Gasteiger charge is -2.34. The summed E-state index contributed by atoms with van der Waals surface area (Å²) >= 11 is 0. The van der Waals surface area contributed by atoms with Crippen molar-refractivity contribution in [2.24, 2.45) is 0 Å². The van der Waals surface area contributed by atoms with E-state index in [2.05, 4.69) is 25.6 Å². The molecule has 4 heterocycles. The van der Waals surface area contributed by atoms with Crippen molar-refractivity contribution in [3.63, 3.8) is 0 Å². The number of imidazole rings is 1. The number of ether oxygens (including phenoxy) is 2. The number of hydrogen-bond donors (Lipinski definition) is 1.